The van der Waals surface area contributed by atoms with Crippen LogP contribution in [0.3, 0.4) is 0 Å². The normalized spacial score (nSPS) is 11.1. The second-order valence-electron chi connectivity index (χ2n) is 4.73. The molecule has 0 radical (unpaired) electrons. The van der Waals surface area contributed by atoms with Crippen molar-refractivity contribution in [2.24, 2.45) is 0 Å². The molecule has 120 valence electrons. The van der Waals surface area contributed by atoms with Crippen LogP contribution >= 0.6 is 34.7 Å². The van der Waals surface area contributed by atoms with Crippen LogP contribution in [0.5, 0.6) is 5.75 Å². The number of thiophene rings is 1. The second-order valence-corrected chi connectivity index (χ2v) is 7.02. The van der Waals surface area contributed by atoms with E-state index in [0.717, 1.165) is 20.8 Å². The summed E-state index contributed by atoms with van der Waals surface area (Å²) >= 11 is 9.03. The van der Waals surface area contributed by atoms with E-state index in [9.17, 15) is 0 Å². The van der Waals surface area contributed by atoms with Gasteiger partial charge in [0.05, 0.1) is 12.7 Å². The van der Waals surface area contributed by atoms with Gasteiger partial charge >= 0.3 is 0 Å². The summed E-state index contributed by atoms with van der Waals surface area (Å²) < 4.78 is 5.36. The first-order valence-corrected chi connectivity index (χ1v) is 8.94. The molecule has 0 unspecified atom stereocenters. The van der Waals surface area contributed by atoms with E-state index in [1.54, 1.807) is 43.0 Å². The standard InChI is InChI=1S/C15H10ClN5OS2/c1-22-11-3-2-8(16)6-10(11)12-19-15(21-20-12)24-14-9-4-5-23-13(9)17-7-18-14/h2-7H,1H3,(H,19,20,21). The lowest BCUT2D eigenvalue weighted by molar-refractivity contribution is 0.416. The zero-order chi connectivity index (χ0) is 16.5. The quantitative estimate of drug-likeness (QED) is 0.536. The van der Waals surface area contributed by atoms with Crippen LogP contribution in [-0.4, -0.2) is 32.3 Å². The number of methoxy groups -OCH3 is 1. The van der Waals surface area contributed by atoms with E-state index < -0.39 is 0 Å². The SMILES string of the molecule is COc1ccc(Cl)cc1-c1nc(Sc2ncnc3sccc23)n[nH]1. The molecule has 3 aromatic heterocycles. The first-order chi connectivity index (χ1) is 11.7. The third kappa shape index (κ3) is 2.83. The molecule has 0 fully saturated rings. The maximum absolute atomic E-state index is 6.07. The van der Waals surface area contributed by atoms with Crippen LogP contribution < -0.4 is 4.74 Å². The van der Waals surface area contributed by atoms with Crippen LogP contribution in [0.2, 0.25) is 5.02 Å². The summed E-state index contributed by atoms with van der Waals surface area (Å²) in [5.74, 6) is 1.27. The Morgan fingerprint density at radius 2 is 2.17 bits per heavy atom. The van der Waals surface area contributed by atoms with Crippen LogP contribution in [0.1, 0.15) is 0 Å². The van der Waals surface area contributed by atoms with Gasteiger partial charge in [-0.1, -0.05) is 11.6 Å². The fourth-order valence-corrected chi connectivity index (χ4v) is 3.96. The first-order valence-electron chi connectivity index (χ1n) is 6.87. The number of fused-ring (bicyclic) bond motifs is 1. The Bertz CT molecular complexity index is 1020. The van der Waals surface area contributed by atoms with Crippen molar-refractivity contribution in [2.45, 2.75) is 10.2 Å². The van der Waals surface area contributed by atoms with Crippen molar-refractivity contribution in [3.8, 4) is 17.1 Å². The largest absolute Gasteiger partial charge is 0.496 e. The minimum absolute atomic E-state index is 0.568. The van der Waals surface area contributed by atoms with Crippen LogP contribution in [0.25, 0.3) is 21.6 Å². The molecule has 0 saturated heterocycles. The number of aromatic nitrogens is 5. The van der Waals surface area contributed by atoms with Crippen LogP contribution in [-0.2, 0) is 0 Å². The van der Waals surface area contributed by atoms with E-state index in [0.29, 0.717) is 21.8 Å². The summed E-state index contributed by atoms with van der Waals surface area (Å²) in [4.78, 5) is 14.0. The molecule has 0 aliphatic heterocycles. The molecule has 0 amide bonds. The number of H-pyrrole nitrogens is 1. The lowest BCUT2D eigenvalue weighted by Gasteiger charge is -2.05. The fourth-order valence-electron chi connectivity index (χ4n) is 2.21. The lowest BCUT2D eigenvalue weighted by Crippen LogP contribution is -1.89. The Labute approximate surface area is 150 Å². The molecule has 9 heteroatoms. The minimum Gasteiger partial charge on any atom is -0.496 e. The van der Waals surface area contributed by atoms with Gasteiger partial charge in [-0.25, -0.2) is 15.0 Å². The number of hydrogen-bond acceptors (Lipinski definition) is 7. The molecule has 24 heavy (non-hydrogen) atoms. The van der Waals surface area contributed by atoms with Crippen molar-refractivity contribution in [3.63, 3.8) is 0 Å². The predicted octanol–water partition coefficient (Wildman–Crippen LogP) is 4.29. The summed E-state index contributed by atoms with van der Waals surface area (Å²) in [5, 5.41) is 12.2. The van der Waals surface area contributed by atoms with Gasteiger partial charge in [-0.3, -0.25) is 5.10 Å². The summed E-state index contributed by atoms with van der Waals surface area (Å²) in [6, 6.07) is 7.35. The topological polar surface area (TPSA) is 76.6 Å². The highest BCUT2D eigenvalue weighted by Crippen LogP contribution is 2.34. The van der Waals surface area contributed by atoms with Crippen molar-refractivity contribution in [1.29, 1.82) is 0 Å². The zero-order valence-electron chi connectivity index (χ0n) is 12.4. The number of halogens is 1. The van der Waals surface area contributed by atoms with Crippen molar-refractivity contribution in [2.75, 3.05) is 7.11 Å². The molecule has 6 nitrogen and oxygen atoms in total. The lowest BCUT2D eigenvalue weighted by atomic mass is 10.2. The molecular weight excluding hydrogens is 366 g/mol. The van der Waals surface area contributed by atoms with Gasteiger partial charge in [-0.2, -0.15) is 0 Å². The van der Waals surface area contributed by atoms with Crippen molar-refractivity contribution < 1.29 is 4.74 Å². The number of nitrogens with one attached hydrogen (secondary N) is 1. The zero-order valence-corrected chi connectivity index (χ0v) is 14.7. The number of benzene rings is 1. The smallest absolute Gasteiger partial charge is 0.215 e. The van der Waals surface area contributed by atoms with Crippen LogP contribution in [0.4, 0.5) is 0 Å². The Morgan fingerprint density at radius 3 is 3.04 bits per heavy atom. The van der Waals surface area contributed by atoms with Crippen molar-refractivity contribution in [3.05, 3.63) is 41.0 Å². The summed E-state index contributed by atoms with van der Waals surface area (Å²) in [5.41, 5.74) is 0.757. The number of ether oxygens (including phenoxy) is 1. The molecular formula is C15H10ClN5OS2. The molecule has 1 aromatic carbocycles. The summed E-state index contributed by atoms with van der Waals surface area (Å²) in [6.07, 6.45) is 1.55. The average Bonchev–Trinajstić information content (AvgIpc) is 3.24. The molecule has 1 N–H and O–H groups in total. The molecule has 4 aromatic rings. The highest BCUT2D eigenvalue weighted by Gasteiger charge is 2.14. The maximum Gasteiger partial charge on any atom is 0.215 e. The maximum atomic E-state index is 6.07. The predicted molar refractivity (Wildman–Crippen MR) is 94.9 cm³/mol. The van der Waals surface area contributed by atoms with Crippen molar-refractivity contribution >= 4 is 44.9 Å². The number of hydrogen-bond donors (Lipinski definition) is 1. The van der Waals surface area contributed by atoms with Gasteiger partial charge in [-0.05, 0) is 41.4 Å². The van der Waals surface area contributed by atoms with Gasteiger partial charge in [0.25, 0.3) is 0 Å². The molecule has 0 aliphatic carbocycles. The molecule has 0 saturated carbocycles. The Balaban J connectivity index is 1.68. The molecule has 0 spiro atoms. The monoisotopic (exact) mass is 375 g/mol. The van der Waals surface area contributed by atoms with Gasteiger partial charge in [0, 0.05) is 10.4 Å². The number of rotatable bonds is 4. The molecule has 0 bridgehead atoms. The van der Waals surface area contributed by atoms with Gasteiger partial charge < -0.3 is 4.74 Å². The third-order valence-corrected chi connectivity index (χ3v) is 5.23. The molecule has 0 aliphatic rings. The van der Waals surface area contributed by atoms with Crippen LogP contribution in [0.15, 0.2) is 46.2 Å². The summed E-state index contributed by atoms with van der Waals surface area (Å²) in [6.45, 7) is 0. The highest BCUT2D eigenvalue weighted by molar-refractivity contribution is 7.99. The second kappa shape index (κ2) is 6.39. The fraction of sp³-hybridized carbons (Fsp3) is 0.0667. The Hall–Kier alpha value is -2.16. The van der Waals surface area contributed by atoms with E-state index in [-0.39, 0.29) is 0 Å². The van der Waals surface area contributed by atoms with Gasteiger partial charge in [0.2, 0.25) is 5.16 Å². The Morgan fingerprint density at radius 1 is 1.25 bits per heavy atom. The number of aromatic amines is 1. The molecule has 4 rings (SSSR count). The van der Waals surface area contributed by atoms with E-state index in [4.69, 9.17) is 16.3 Å². The van der Waals surface area contributed by atoms with E-state index in [1.807, 2.05) is 11.4 Å². The van der Waals surface area contributed by atoms with Crippen molar-refractivity contribution in [1.82, 2.24) is 25.1 Å². The average molecular weight is 376 g/mol. The summed E-state index contributed by atoms with van der Waals surface area (Å²) in [7, 11) is 1.60. The van der Waals surface area contributed by atoms with E-state index in [2.05, 4.69) is 25.1 Å². The highest BCUT2D eigenvalue weighted by atomic mass is 35.5. The number of nitrogens with zero attached hydrogens (tertiary/aromatic N) is 4. The van der Waals surface area contributed by atoms with E-state index >= 15 is 0 Å². The minimum atomic E-state index is 0.568. The van der Waals surface area contributed by atoms with Gasteiger partial charge in [-0.15, -0.1) is 16.4 Å². The molecule has 3 heterocycles. The molecule has 0 atom stereocenters. The first kappa shape index (κ1) is 15.4. The van der Waals surface area contributed by atoms with Gasteiger partial charge in [0.15, 0.2) is 5.82 Å². The Kier molecular flexibility index (Phi) is 4.09. The van der Waals surface area contributed by atoms with Crippen LogP contribution in [0, 0.1) is 0 Å². The third-order valence-electron chi connectivity index (χ3n) is 3.29. The van der Waals surface area contributed by atoms with Gasteiger partial charge in [0.1, 0.15) is 21.9 Å². The van der Waals surface area contributed by atoms with E-state index in [1.165, 1.54) is 11.8 Å².